The molecule has 27 heavy (non-hydrogen) atoms. The first-order chi connectivity index (χ1) is 12.9. The van der Waals surface area contributed by atoms with Crippen LogP contribution in [0.15, 0.2) is 40.7 Å². The lowest BCUT2D eigenvalue weighted by molar-refractivity contribution is -0.139. The molecule has 0 aromatic heterocycles. The molecule has 5 nitrogen and oxygen atoms in total. The molecule has 2 rings (SSSR count). The number of halogens is 3. The molecule has 0 saturated carbocycles. The molecule has 146 valence electrons. The van der Waals surface area contributed by atoms with Crippen molar-refractivity contribution < 1.29 is 23.5 Å². The molecule has 0 fully saturated rings. The van der Waals surface area contributed by atoms with Crippen LogP contribution < -0.4 is 5.32 Å². The van der Waals surface area contributed by atoms with Crippen LogP contribution in [0.25, 0.3) is 0 Å². The van der Waals surface area contributed by atoms with Crippen LogP contribution in [0.5, 0.6) is 0 Å². The summed E-state index contributed by atoms with van der Waals surface area (Å²) in [6.07, 6.45) is 0.628. The molecule has 1 aromatic rings. The lowest BCUT2D eigenvalue weighted by Crippen LogP contribution is -2.34. The Kier molecular flexibility index (Phi) is 7.27. The zero-order valence-electron chi connectivity index (χ0n) is 15.2. The fourth-order valence-electron chi connectivity index (χ4n) is 2.95. The minimum atomic E-state index is -0.972. The van der Waals surface area contributed by atoms with Crippen LogP contribution in [-0.2, 0) is 19.1 Å². The molecule has 1 aliphatic rings. The molecule has 1 N–H and O–H groups in total. The third-order valence-corrected chi connectivity index (χ3v) is 4.97. The van der Waals surface area contributed by atoms with Gasteiger partial charge in [0.2, 0.25) is 0 Å². The fourth-order valence-corrected chi connectivity index (χ4v) is 3.37. The first-order valence-corrected chi connectivity index (χ1v) is 9.09. The van der Waals surface area contributed by atoms with E-state index in [2.05, 4.69) is 5.32 Å². The Morgan fingerprint density at radius 1 is 1.22 bits per heavy atom. The van der Waals surface area contributed by atoms with Crippen molar-refractivity contribution in [3.05, 3.63) is 56.3 Å². The summed E-state index contributed by atoms with van der Waals surface area (Å²) in [4.78, 5) is 25.2. The number of alkyl halides is 1. The average Bonchev–Trinajstić information content (AvgIpc) is 2.66. The number of methoxy groups -OCH3 is 1. The Hall–Kier alpha value is -2.05. The second-order valence-corrected chi connectivity index (χ2v) is 6.68. The molecule has 1 aromatic carbocycles. The SMILES string of the molecule is CCCOC(=O)C1=C(C)NC(CF)=C(C(=O)OC)C1c1cccc(Cl)c1Cl. The van der Waals surface area contributed by atoms with E-state index in [0.717, 1.165) is 0 Å². The van der Waals surface area contributed by atoms with Gasteiger partial charge in [-0.2, -0.15) is 0 Å². The van der Waals surface area contributed by atoms with Crippen molar-refractivity contribution in [3.63, 3.8) is 0 Å². The number of ether oxygens (including phenoxy) is 2. The van der Waals surface area contributed by atoms with Crippen LogP contribution in [-0.4, -0.2) is 32.3 Å². The maximum atomic E-state index is 13.7. The molecule has 1 atom stereocenters. The summed E-state index contributed by atoms with van der Waals surface area (Å²) in [6.45, 7) is 2.73. The zero-order valence-corrected chi connectivity index (χ0v) is 16.7. The van der Waals surface area contributed by atoms with Gasteiger partial charge >= 0.3 is 11.9 Å². The molecule has 0 bridgehead atoms. The van der Waals surface area contributed by atoms with Crippen molar-refractivity contribution in [1.29, 1.82) is 0 Å². The number of carbonyl (C=O) groups is 2. The predicted molar refractivity (Wildman–Crippen MR) is 101 cm³/mol. The molecule has 1 aliphatic heterocycles. The first-order valence-electron chi connectivity index (χ1n) is 8.33. The summed E-state index contributed by atoms with van der Waals surface area (Å²) < 4.78 is 23.8. The highest BCUT2D eigenvalue weighted by atomic mass is 35.5. The second kappa shape index (κ2) is 9.24. The van der Waals surface area contributed by atoms with Gasteiger partial charge in [-0.3, -0.25) is 0 Å². The lowest BCUT2D eigenvalue weighted by Gasteiger charge is -2.31. The van der Waals surface area contributed by atoms with E-state index in [1.807, 2.05) is 6.92 Å². The van der Waals surface area contributed by atoms with Crippen molar-refractivity contribution in [3.8, 4) is 0 Å². The minimum Gasteiger partial charge on any atom is -0.466 e. The van der Waals surface area contributed by atoms with Crippen molar-refractivity contribution in [2.24, 2.45) is 0 Å². The number of allylic oxidation sites excluding steroid dienone is 2. The Balaban J connectivity index is 2.73. The second-order valence-electron chi connectivity index (χ2n) is 5.89. The Labute approximate surface area is 167 Å². The summed E-state index contributed by atoms with van der Waals surface area (Å²) in [5, 5.41) is 3.19. The molecule has 1 unspecified atom stereocenters. The highest BCUT2D eigenvalue weighted by Gasteiger charge is 2.39. The summed E-state index contributed by atoms with van der Waals surface area (Å²) in [6, 6.07) is 4.85. The van der Waals surface area contributed by atoms with Crippen LogP contribution in [0, 0.1) is 0 Å². The average molecular weight is 416 g/mol. The topological polar surface area (TPSA) is 64.6 Å². The predicted octanol–water partition coefficient (Wildman–Crippen LogP) is 4.30. The third-order valence-electron chi connectivity index (χ3n) is 4.13. The quantitative estimate of drug-likeness (QED) is 0.701. The van der Waals surface area contributed by atoms with Crippen LogP contribution in [0.2, 0.25) is 10.0 Å². The van der Waals surface area contributed by atoms with Crippen molar-refractivity contribution in [1.82, 2.24) is 5.32 Å². The van der Waals surface area contributed by atoms with E-state index in [1.54, 1.807) is 25.1 Å². The van der Waals surface area contributed by atoms with Crippen molar-refractivity contribution in [2.75, 3.05) is 20.4 Å². The van der Waals surface area contributed by atoms with Crippen LogP contribution in [0.1, 0.15) is 31.7 Å². The summed E-state index contributed by atoms with van der Waals surface area (Å²) in [7, 11) is 1.18. The highest BCUT2D eigenvalue weighted by molar-refractivity contribution is 6.42. The van der Waals surface area contributed by atoms with Gasteiger partial charge in [0.15, 0.2) is 0 Å². The van der Waals surface area contributed by atoms with E-state index in [4.69, 9.17) is 32.7 Å². The van der Waals surface area contributed by atoms with Gasteiger partial charge in [0, 0.05) is 5.70 Å². The fraction of sp³-hybridized carbons (Fsp3) is 0.368. The maximum absolute atomic E-state index is 13.7. The monoisotopic (exact) mass is 415 g/mol. The number of dihydropyridines is 1. The van der Waals surface area contributed by atoms with Gasteiger partial charge in [0.05, 0.1) is 46.5 Å². The van der Waals surface area contributed by atoms with E-state index in [0.29, 0.717) is 17.7 Å². The van der Waals surface area contributed by atoms with Gasteiger partial charge in [-0.25, -0.2) is 14.0 Å². The molecular formula is C19H20Cl2FNO4. The molecule has 0 saturated heterocycles. The number of carbonyl (C=O) groups excluding carboxylic acids is 2. The normalized spacial score (nSPS) is 16.9. The van der Waals surface area contributed by atoms with Crippen LogP contribution in [0.4, 0.5) is 4.39 Å². The smallest absolute Gasteiger partial charge is 0.336 e. The van der Waals surface area contributed by atoms with E-state index in [1.165, 1.54) is 7.11 Å². The van der Waals surface area contributed by atoms with Crippen LogP contribution >= 0.6 is 23.2 Å². The van der Waals surface area contributed by atoms with Gasteiger partial charge in [0.1, 0.15) is 6.67 Å². The maximum Gasteiger partial charge on any atom is 0.336 e. The van der Waals surface area contributed by atoms with Crippen molar-refractivity contribution >= 4 is 35.1 Å². The van der Waals surface area contributed by atoms with Crippen LogP contribution in [0.3, 0.4) is 0 Å². The number of benzene rings is 1. The Morgan fingerprint density at radius 2 is 1.93 bits per heavy atom. The Morgan fingerprint density at radius 3 is 2.52 bits per heavy atom. The van der Waals surface area contributed by atoms with Gasteiger partial charge < -0.3 is 14.8 Å². The highest BCUT2D eigenvalue weighted by Crippen LogP contribution is 2.43. The molecule has 0 amide bonds. The molecular weight excluding hydrogens is 396 g/mol. The lowest BCUT2D eigenvalue weighted by atomic mass is 9.80. The van der Waals surface area contributed by atoms with Crippen molar-refractivity contribution in [2.45, 2.75) is 26.2 Å². The summed E-state index contributed by atoms with van der Waals surface area (Å²) >= 11 is 12.5. The number of nitrogens with one attached hydrogen (secondary N) is 1. The number of rotatable bonds is 6. The molecule has 8 heteroatoms. The summed E-state index contributed by atoms with van der Waals surface area (Å²) in [5.74, 6) is -2.37. The number of hydrogen-bond acceptors (Lipinski definition) is 5. The zero-order chi connectivity index (χ0) is 20.1. The van der Waals surface area contributed by atoms with Gasteiger partial charge in [0.25, 0.3) is 0 Å². The van der Waals surface area contributed by atoms with Gasteiger partial charge in [-0.15, -0.1) is 0 Å². The molecule has 0 radical (unpaired) electrons. The standard InChI is InChI=1S/C19H20Cl2FNO4/c1-4-8-27-19(25)14-10(2)23-13(9-22)16(18(24)26-3)15(14)11-6-5-7-12(20)17(11)21/h5-7,15,23H,4,8-9H2,1-3H3. The summed E-state index contributed by atoms with van der Waals surface area (Å²) in [5.41, 5.74) is 0.883. The minimum absolute atomic E-state index is 0.00688. The number of esters is 2. The first kappa shape index (κ1) is 21.3. The van der Waals surface area contributed by atoms with E-state index in [-0.39, 0.29) is 33.5 Å². The van der Waals surface area contributed by atoms with Gasteiger partial charge in [-0.1, -0.05) is 42.3 Å². The molecule has 1 heterocycles. The van der Waals surface area contributed by atoms with Gasteiger partial charge in [-0.05, 0) is 25.0 Å². The largest absolute Gasteiger partial charge is 0.466 e. The third kappa shape index (κ3) is 4.28. The molecule has 0 spiro atoms. The Bertz CT molecular complexity index is 820. The van der Waals surface area contributed by atoms with E-state index < -0.39 is 24.5 Å². The van der Waals surface area contributed by atoms with E-state index in [9.17, 15) is 14.0 Å². The molecule has 0 aliphatic carbocycles. The van der Waals surface area contributed by atoms with E-state index >= 15 is 0 Å². The number of hydrogen-bond donors (Lipinski definition) is 1.